The van der Waals surface area contributed by atoms with Crippen molar-refractivity contribution in [2.24, 2.45) is 0 Å². The standard InChI is InChI=1S/C14H14O2/c15-10-12-8-4-5-9-13(12)14(16)11-6-2-1-3-7-11/h1-9,14-16H,10H2. The van der Waals surface area contributed by atoms with Gasteiger partial charge in [-0.1, -0.05) is 54.6 Å². The van der Waals surface area contributed by atoms with Crippen LogP contribution >= 0.6 is 0 Å². The lowest BCUT2D eigenvalue weighted by Crippen LogP contribution is -2.03. The molecule has 16 heavy (non-hydrogen) atoms. The molecule has 0 heterocycles. The van der Waals surface area contributed by atoms with Crippen molar-refractivity contribution in [1.82, 2.24) is 0 Å². The Balaban J connectivity index is 2.37. The summed E-state index contributed by atoms with van der Waals surface area (Å²) in [5.41, 5.74) is 2.36. The first-order valence-electron chi connectivity index (χ1n) is 5.24. The highest BCUT2D eigenvalue weighted by Gasteiger charge is 2.12. The molecule has 2 N–H and O–H groups in total. The van der Waals surface area contributed by atoms with E-state index in [0.29, 0.717) is 0 Å². The summed E-state index contributed by atoms with van der Waals surface area (Å²) in [5.74, 6) is 0. The maximum atomic E-state index is 10.2. The van der Waals surface area contributed by atoms with Crippen molar-refractivity contribution >= 4 is 0 Å². The Labute approximate surface area is 94.8 Å². The Morgan fingerprint density at radius 2 is 1.50 bits per heavy atom. The SMILES string of the molecule is OCc1ccccc1C(O)c1ccccc1. The van der Waals surface area contributed by atoms with E-state index < -0.39 is 6.10 Å². The van der Waals surface area contributed by atoms with E-state index in [1.165, 1.54) is 0 Å². The topological polar surface area (TPSA) is 40.5 Å². The number of aliphatic hydroxyl groups is 2. The minimum atomic E-state index is -0.676. The van der Waals surface area contributed by atoms with Crippen LogP contribution in [-0.2, 0) is 6.61 Å². The normalized spacial score (nSPS) is 12.4. The quantitative estimate of drug-likeness (QED) is 0.822. The number of rotatable bonds is 3. The molecule has 0 fully saturated rings. The van der Waals surface area contributed by atoms with Crippen molar-refractivity contribution in [1.29, 1.82) is 0 Å². The molecule has 2 rings (SSSR count). The molecule has 2 nitrogen and oxygen atoms in total. The first kappa shape index (κ1) is 10.9. The van der Waals surface area contributed by atoms with Gasteiger partial charge >= 0.3 is 0 Å². The summed E-state index contributed by atoms with van der Waals surface area (Å²) >= 11 is 0. The molecule has 0 amide bonds. The molecule has 0 aromatic heterocycles. The minimum absolute atomic E-state index is 0.0555. The molecule has 2 aromatic rings. The van der Waals surface area contributed by atoms with E-state index in [-0.39, 0.29) is 6.61 Å². The van der Waals surface area contributed by atoms with Crippen LogP contribution in [0.2, 0.25) is 0 Å². The van der Waals surface area contributed by atoms with Gasteiger partial charge in [0.2, 0.25) is 0 Å². The van der Waals surface area contributed by atoms with E-state index >= 15 is 0 Å². The van der Waals surface area contributed by atoms with Gasteiger partial charge in [-0.05, 0) is 16.7 Å². The average Bonchev–Trinajstić information content (AvgIpc) is 2.39. The molecule has 82 valence electrons. The molecule has 0 spiro atoms. The van der Waals surface area contributed by atoms with Crippen LogP contribution in [0.15, 0.2) is 54.6 Å². The van der Waals surface area contributed by atoms with Crippen molar-refractivity contribution in [3.8, 4) is 0 Å². The second kappa shape index (κ2) is 4.92. The third kappa shape index (κ3) is 2.13. The highest BCUT2D eigenvalue weighted by atomic mass is 16.3. The Morgan fingerprint density at radius 3 is 2.19 bits per heavy atom. The Kier molecular flexibility index (Phi) is 3.34. The lowest BCUT2D eigenvalue weighted by molar-refractivity contribution is 0.213. The second-order valence-corrected chi connectivity index (χ2v) is 3.67. The van der Waals surface area contributed by atoms with Gasteiger partial charge in [0.15, 0.2) is 0 Å². The van der Waals surface area contributed by atoms with E-state index in [1.807, 2.05) is 54.6 Å². The van der Waals surface area contributed by atoms with Gasteiger partial charge in [0.1, 0.15) is 6.10 Å². The monoisotopic (exact) mass is 214 g/mol. The summed E-state index contributed by atoms with van der Waals surface area (Å²) in [6.07, 6.45) is -0.676. The van der Waals surface area contributed by atoms with Crippen LogP contribution in [0.5, 0.6) is 0 Å². The van der Waals surface area contributed by atoms with E-state index in [1.54, 1.807) is 0 Å². The third-order valence-electron chi connectivity index (χ3n) is 2.64. The molecule has 0 aliphatic rings. The van der Waals surface area contributed by atoms with Crippen LogP contribution in [0, 0.1) is 0 Å². The molecule has 0 bridgehead atoms. The van der Waals surface area contributed by atoms with Crippen LogP contribution in [0.25, 0.3) is 0 Å². The summed E-state index contributed by atoms with van der Waals surface area (Å²) in [4.78, 5) is 0. The fraction of sp³-hybridized carbons (Fsp3) is 0.143. The smallest absolute Gasteiger partial charge is 0.104 e. The fourth-order valence-corrected chi connectivity index (χ4v) is 1.76. The molecule has 0 radical (unpaired) electrons. The predicted octanol–water partition coefficient (Wildman–Crippen LogP) is 2.26. The van der Waals surface area contributed by atoms with Gasteiger partial charge in [-0.25, -0.2) is 0 Å². The van der Waals surface area contributed by atoms with Crippen molar-refractivity contribution in [2.45, 2.75) is 12.7 Å². The van der Waals surface area contributed by atoms with E-state index in [2.05, 4.69) is 0 Å². The predicted molar refractivity (Wildman–Crippen MR) is 62.9 cm³/mol. The zero-order valence-corrected chi connectivity index (χ0v) is 8.88. The first-order valence-corrected chi connectivity index (χ1v) is 5.24. The molecule has 1 atom stereocenters. The molecule has 0 aliphatic heterocycles. The summed E-state index contributed by atoms with van der Waals surface area (Å²) in [7, 11) is 0. The molecule has 0 saturated carbocycles. The number of hydrogen-bond donors (Lipinski definition) is 2. The number of hydrogen-bond acceptors (Lipinski definition) is 2. The first-order chi connectivity index (χ1) is 7.83. The maximum absolute atomic E-state index is 10.2. The Bertz CT molecular complexity index is 451. The van der Waals surface area contributed by atoms with Gasteiger partial charge in [0, 0.05) is 0 Å². The van der Waals surface area contributed by atoms with Crippen LogP contribution in [0.1, 0.15) is 22.8 Å². The van der Waals surface area contributed by atoms with Crippen LogP contribution in [-0.4, -0.2) is 10.2 Å². The average molecular weight is 214 g/mol. The maximum Gasteiger partial charge on any atom is 0.104 e. The molecule has 1 unspecified atom stereocenters. The largest absolute Gasteiger partial charge is 0.392 e. The Morgan fingerprint density at radius 1 is 0.875 bits per heavy atom. The minimum Gasteiger partial charge on any atom is -0.392 e. The molecule has 2 heteroatoms. The van der Waals surface area contributed by atoms with Crippen LogP contribution in [0.4, 0.5) is 0 Å². The zero-order valence-electron chi connectivity index (χ0n) is 8.88. The van der Waals surface area contributed by atoms with Crippen molar-refractivity contribution in [3.05, 3.63) is 71.3 Å². The fourth-order valence-electron chi connectivity index (χ4n) is 1.76. The molecular formula is C14H14O2. The van der Waals surface area contributed by atoms with Crippen LogP contribution < -0.4 is 0 Å². The van der Waals surface area contributed by atoms with Crippen LogP contribution in [0.3, 0.4) is 0 Å². The Hall–Kier alpha value is -1.64. The lowest BCUT2D eigenvalue weighted by atomic mass is 9.97. The van der Waals surface area contributed by atoms with Gasteiger partial charge in [-0.2, -0.15) is 0 Å². The van der Waals surface area contributed by atoms with E-state index in [4.69, 9.17) is 0 Å². The number of aliphatic hydroxyl groups excluding tert-OH is 2. The summed E-state index contributed by atoms with van der Waals surface area (Å²) in [5, 5.41) is 19.4. The van der Waals surface area contributed by atoms with Crippen molar-refractivity contribution in [3.63, 3.8) is 0 Å². The third-order valence-corrected chi connectivity index (χ3v) is 2.64. The zero-order chi connectivity index (χ0) is 11.4. The summed E-state index contributed by atoms with van der Waals surface area (Å²) in [6.45, 7) is -0.0555. The van der Waals surface area contributed by atoms with Crippen molar-refractivity contribution < 1.29 is 10.2 Å². The van der Waals surface area contributed by atoms with E-state index in [0.717, 1.165) is 16.7 Å². The number of benzene rings is 2. The van der Waals surface area contributed by atoms with Gasteiger partial charge in [0.05, 0.1) is 6.61 Å². The van der Waals surface area contributed by atoms with E-state index in [9.17, 15) is 10.2 Å². The van der Waals surface area contributed by atoms with Gasteiger partial charge in [-0.15, -0.1) is 0 Å². The summed E-state index contributed by atoms with van der Waals surface area (Å²) in [6, 6.07) is 16.8. The van der Waals surface area contributed by atoms with Gasteiger partial charge < -0.3 is 10.2 Å². The molecule has 0 saturated heterocycles. The highest BCUT2D eigenvalue weighted by Crippen LogP contribution is 2.24. The van der Waals surface area contributed by atoms with Crippen molar-refractivity contribution in [2.75, 3.05) is 0 Å². The molecular weight excluding hydrogens is 200 g/mol. The summed E-state index contributed by atoms with van der Waals surface area (Å²) < 4.78 is 0. The highest BCUT2D eigenvalue weighted by molar-refractivity contribution is 5.35. The molecule has 2 aromatic carbocycles. The second-order valence-electron chi connectivity index (χ2n) is 3.67. The molecule has 0 aliphatic carbocycles. The van der Waals surface area contributed by atoms with Gasteiger partial charge in [-0.3, -0.25) is 0 Å². The van der Waals surface area contributed by atoms with Gasteiger partial charge in [0.25, 0.3) is 0 Å². The lowest BCUT2D eigenvalue weighted by Gasteiger charge is -2.14.